The van der Waals surface area contributed by atoms with Gasteiger partial charge in [0.2, 0.25) is 0 Å². The zero-order valence-electron chi connectivity index (χ0n) is 6.45. The number of amides is 1. The Kier molecular flexibility index (Phi) is 1.49. The summed E-state index contributed by atoms with van der Waals surface area (Å²) in [5, 5.41) is 0. The molecule has 0 aromatic carbocycles. The van der Waals surface area contributed by atoms with Crippen LogP contribution < -0.4 is 0 Å². The van der Waals surface area contributed by atoms with E-state index in [2.05, 4.69) is 4.74 Å². The second-order valence-electron chi connectivity index (χ2n) is 2.88. The number of morpholine rings is 1. The van der Waals surface area contributed by atoms with Crippen molar-refractivity contribution in [3.05, 3.63) is 0 Å². The minimum absolute atomic E-state index is 0.221. The second kappa shape index (κ2) is 2.37. The van der Waals surface area contributed by atoms with Crippen LogP contribution in [0.15, 0.2) is 0 Å². The average Bonchev–Trinajstić information content (AvgIpc) is 2.80. The standard InChI is InChI=1S/C7H11NO3/c1-10-7(9)8-2-3-11-6-4-5(6)8/h5-6H,2-4H2,1H3. The monoisotopic (exact) mass is 157 g/mol. The zero-order chi connectivity index (χ0) is 7.84. The molecule has 2 rings (SSSR count). The molecule has 2 atom stereocenters. The van der Waals surface area contributed by atoms with Crippen molar-refractivity contribution in [2.45, 2.75) is 18.6 Å². The third-order valence-corrected chi connectivity index (χ3v) is 2.17. The Morgan fingerprint density at radius 1 is 1.73 bits per heavy atom. The molecule has 4 nitrogen and oxygen atoms in total. The fourth-order valence-corrected chi connectivity index (χ4v) is 1.48. The van der Waals surface area contributed by atoms with E-state index < -0.39 is 0 Å². The van der Waals surface area contributed by atoms with Crippen LogP contribution in [-0.2, 0) is 9.47 Å². The van der Waals surface area contributed by atoms with Gasteiger partial charge in [0.15, 0.2) is 0 Å². The van der Waals surface area contributed by atoms with Crippen molar-refractivity contribution in [1.82, 2.24) is 4.90 Å². The lowest BCUT2D eigenvalue weighted by Crippen LogP contribution is -2.41. The number of nitrogens with zero attached hydrogens (tertiary/aromatic N) is 1. The maximum atomic E-state index is 11.1. The van der Waals surface area contributed by atoms with E-state index in [1.165, 1.54) is 7.11 Å². The molecule has 1 heterocycles. The van der Waals surface area contributed by atoms with Gasteiger partial charge in [-0.15, -0.1) is 0 Å². The van der Waals surface area contributed by atoms with E-state index in [4.69, 9.17) is 4.74 Å². The van der Waals surface area contributed by atoms with E-state index >= 15 is 0 Å². The van der Waals surface area contributed by atoms with Crippen LogP contribution in [0.3, 0.4) is 0 Å². The summed E-state index contributed by atoms with van der Waals surface area (Å²) in [7, 11) is 1.41. The molecule has 0 radical (unpaired) electrons. The van der Waals surface area contributed by atoms with Crippen molar-refractivity contribution in [3.8, 4) is 0 Å². The first kappa shape index (κ1) is 6.91. The molecule has 0 N–H and O–H groups in total. The minimum atomic E-state index is -0.221. The van der Waals surface area contributed by atoms with Crippen LogP contribution in [0.2, 0.25) is 0 Å². The van der Waals surface area contributed by atoms with Crippen LogP contribution >= 0.6 is 0 Å². The van der Waals surface area contributed by atoms with Gasteiger partial charge >= 0.3 is 6.09 Å². The van der Waals surface area contributed by atoms with Crippen LogP contribution in [0.4, 0.5) is 4.79 Å². The topological polar surface area (TPSA) is 38.8 Å². The summed E-state index contributed by atoms with van der Waals surface area (Å²) in [5.41, 5.74) is 0. The molecule has 62 valence electrons. The molecular weight excluding hydrogens is 146 g/mol. The molecule has 2 aliphatic rings. The summed E-state index contributed by atoms with van der Waals surface area (Å²) < 4.78 is 9.95. The Labute approximate surface area is 65.1 Å². The molecule has 11 heavy (non-hydrogen) atoms. The molecule has 4 heteroatoms. The van der Waals surface area contributed by atoms with Crippen molar-refractivity contribution < 1.29 is 14.3 Å². The first-order chi connectivity index (χ1) is 5.33. The van der Waals surface area contributed by atoms with E-state index in [0.29, 0.717) is 25.3 Å². The minimum Gasteiger partial charge on any atom is -0.453 e. The number of hydrogen-bond donors (Lipinski definition) is 0. The SMILES string of the molecule is COC(=O)N1CCOC2CC21. The van der Waals surface area contributed by atoms with Gasteiger partial charge in [0, 0.05) is 6.54 Å². The first-order valence-electron chi connectivity index (χ1n) is 3.79. The van der Waals surface area contributed by atoms with E-state index in [1.807, 2.05) is 0 Å². The summed E-state index contributed by atoms with van der Waals surface area (Å²) >= 11 is 0. The van der Waals surface area contributed by atoms with Gasteiger partial charge in [0.1, 0.15) is 0 Å². The van der Waals surface area contributed by atoms with E-state index in [1.54, 1.807) is 4.90 Å². The number of hydrogen-bond acceptors (Lipinski definition) is 3. The summed E-state index contributed by atoms with van der Waals surface area (Å²) in [6.45, 7) is 1.32. The second-order valence-corrected chi connectivity index (χ2v) is 2.88. The number of fused-ring (bicyclic) bond motifs is 1. The number of ether oxygens (including phenoxy) is 2. The lowest BCUT2D eigenvalue weighted by Gasteiger charge is -2.24. The molecule has 0 aromatic rings. The van der Waals surface area contributed by atoms with Gasteiger partial charge in [0.25, 0.3) is 0 Å². The fourth-order valence-electron chi connectivity index (χ4n) is 1.48. The molecule has 2 unspecified atom stereocenters. The summed E-state index contributed by atoms with van der Waals surface area (Å²) in [5.74, 6) is 0. The molecular formula is C7H11NO3. The molecule has 1 aliphatic heterocycles. The predicted octanol–water partition coefficient (Wildman–Crippen LogP) is 0.226. The number of methoxy groups -OCH3 is 1. The van der Waals surface area contributed by atoms with Gasteiger partial charge in [-0.3, -0.25) is 0 Å². The van der Waals surface area contributed by atoms with Crippen molar-refractivity contribution in [2.24, 2.45) is 0 Å². The van der Waals surface area contributed by atoms with Gasteiger partial charge in [0.05, 0.1) is 25.9 Å². The quantitative estimate of drug-likeness (QED) is 0.505. The van der Waals surface area contributed by atoms with E-state index in [9.17, 15) is 4.79 Å². The largest absolute Gasteiger partial charge is 0.453 e. The zero-order valence-corrected chi connectivity index (χ0v) is 6.45. The van der Waals surface area contributed by atoms with Crippen molar-refractivity contribution in [3.63, 3.8) is 0 Å². The fraction of sp³-hybridized carbons (Fsp3) is 0.857. The van der Waals surface area contributed by atoms with Crippen LogP contribution in [0.1, 0.15) is 6.42 Å². The summed E-state index contributed by atoms with van der Waals surface area (Å²) in [6.07, 6.45) is 1.05. The van der Waals surface area contributed by atoms with Crippen molar-refractivity contribution >= 4 is 6.09 Å². The van der Waals surface area contributed by atoms with Gasteiger partial charge in [-0.05, 0) is 6.42 Å². The van der Waals surface area contributed by atoms with Gasteiger partial charge in [-0.2, -0.15) is 0 Å². The lowest BCUT2D eigenvalue weighted by molar-refractivity contribution is 0.0282. The van der Waals surface area contributed by atoms with Crippen LogP contribution in [0.5, 0.6) is 0 Å². The van der Waals surface area contributed by atoms with E-state index in [-0.39, 0.29) is 6.09 Å². The molecule has 1 saturated carbocycles. The Balaban J connectivity index is 1.97. The van der Waals surface area contributed by atoms with Crippen LogP contribution in [0, 0.1) is 0 Å². The number of rotatable bonds is 0. The molecule has 0 aromatic heterocycles. The highest BCUT2D eigenvalue weighted by Gasteiger charge is 2.48. The molecule has 2 fully saturated rings. The number of carbonyl (C=O) groups is 1. The highest BCUT2D eigenvalue weighted by Crippen LogP contribution is 2.34. The normalized spacial score (nSPS) is 34.5. The molecule has 0 spiro atoms. The van der Waals surface area contributed by atoms with Crippen molar-refractivity contribution in [2.75, 3.05) is 20.3 Å². The maximum absolute atomic E-state index is 11.1. The molecule has 1 aliphatic carbocycles. The smallest absolute Gasteiger partial charge is 0.409 e. The molecule has 1 saturated heterocycles. The van der Waals surface area contributed by atoms with E-state index in [0.717, 1.165) is 6.42 Å². The Morgan fingerprint density at radius 2 is 2.55 bits per heavy atom. The lowest BCUT2D eigenvalue weighted by atomic mass is 10.4. The third kappa shape index (κ3) is 1.07. The van der Waals surface area contributed by atoms with Crippen molar-refractivity contribution in [1.29, 1.82) is 0 Å². The average molecular weight is 157 g/mol. The first-order valence-corrected chi connectivity index (χ1v) is 3.79. The highest BCUT2D eigenvalue weighted by molar-refractivity contribution is 5.68. The molecule has 1 amide bonds. The highest BCUT2D eigenvalue weighted by atomic mass is 16.5. The van der Waals surface area contributed by atoms with Crippen LogP contribution in [-0.4, -0.2) is 43.4 Å². The Hall–Kier alpha value is -0.770. The summed E-state index contributed by atoms with van der Waals surface area (Å²) in [4.78, 5) is 12.8. The van der Waals surface area contributed by atoms with Crippen LogP contribution in [0.25, 0.3) is 0 Å². The van der Waals surface area contributed by atoms with Gasteiger partial charge in [-0.1, -0.05) is 0 Å². The Bertz CT molecular complexity index is 183. The van der Waals surface area contributed by atoms with Gasteiger partial charge < -0.3 is 14.4 Å². The number of carbonyl (C=O) groups excluding carboxylic acids is 1. The van der Waals surface area contributed by atoms with Gasteiger partial charge in [-0.25, -0.2) is 4.79 Å². The molecule has 0 bridgehead atoms. The Morgan fingerprint density at radius 3 is 3.27 bits per heavy atom. The third-order valence-electron chi connectivity index (χ3n) is 2.17. The summed E-state index contributed by atoms with van der Waals surface area (Å²) in [6, 6.07) is 0.302. The predicted molar refractivity (Wildman–Crippen MR) is 37.3 cm³/mol. The maximum Gasteiger partial charge on any atom is 0.409 e.